The number of hydrogen-bond donors (Lipinski definition) is 1. The van der Waals surface area contributed by atoms with Crippen molar-refractivity contribution >= 4 is 28.0 Å². The highest BCUT2D eigenvalue weighted by Crippen LogP contribution is 1.90. The van der Waals surface area contributed by atoms with Crippen LogP contribution in [-0.4, -0.2) is 15.4 Å². The van der Waals surface area contributed by atoms with E-state index in [-0.39, 0.29) is 5.12 Å². The molecule has 0 aliphatic carbocycles. The smallest absolute Gasteiger partial charge is 0.207 e. The van der Waals surface area contributed by atoms with E-state index in [0.717, 1.165) is 0 Å². The molecule has 0 amide bonds. The molecule has 0 aliphatic rings. The molecule has 7 heavy (non-hydrogen) atoms. The molecule has 0 rings (SSSR count). The lowest BCUT2D eigenvalue weighted by Crippen LogP contribution is -1.89. The minimum Gasteiger partial charge on any atom is -0.283 e. The molecule has 0 aromatic rings. The topological polar surface area (TPSA) is 17.1 Å². The Morgan fingerprint density at radius 2 is 2.29 bits per heavy atom. The summed E-state index contributed by atoms with van der Waals surface area (Å²) in [6, 6.07) is 0. The van der Waals surface area contributed by atoms with Crippen molar-refractivity contribution in [1.82, 2.24) is 0 Å². The molecule has 0 aliphatic heterocycles. The number of carbonyl (C=O) groups is 1. The summed E-state index contributed by atoms with van der Waals surface area (Å²) < 4.78 is 0. The second kappa shape index (κ2) is 3.04. The molecule has 0 heterocycles. The van der Waals surface area contributed by atoms with Crippen molar-refractivity contribution in [2.24, 2.45) is 0 Å². The summed E-state index contributed by atoms with van der Waals surface area (Å²) in [5.41, 5.74) is 0. The fraction of sp³-hybridized carbons (Fsp3) is 0.250. The molecule has 0 saturated carbocycles. The summed E-state index contributed by atoms with van der Waals surface area (Å²) in [5.74, 6) is 0. The van der Waals surface area contributed by atoms with Gasteiger partial charge in [-0.05, 0) is 12.1 Å². The monoisotopic (exact) mass is 129 g/mol. The molecule has 0 saturated heterocycles. The Hall–Kier alpha value is -0.0231. The summed E-state index contributed by atoms with van der Waals surface area (Å²) in [4.78, 5) is 10.1. The first-order valence-electron chi connectivity index (χ1n) is 1.79. The van der Waals surface area contributed by atoms with Crippen LogP contribution in [0, 0.1) is 0 Å². The second-order valence-electron chi connectivity index (χ2n) is 1.01. The van der Waals surface area contributed by atoms with Crippen molar-refractivity contribution in [3.8, 4) is 0 Å². The molecule has 0 fully saturated rings. The van der Waals surface area contributed by atoms with Crippen LogP contribution < -0.4 is 0 Å². The van der Waals surface area contributed by atoms with Gasteiger partial charge in [-0.1, -0.05) is 6.08 Å². The van der Waals surface area contributed by atoms with Crippen LogP contribution in [0.1, 0.15) is 6.92 Å². The standard InChI is InChI=1S/C4H5OSSi/c1-2-3(7)4(5)6/h2H,1H3,(H,5,6). The molecule has 0 aromatic carbocycles. The molecule has 0 spiro atoms. The predicted molar refractivity (Wildman–Crippen MR) is 33.5 cm³/mol. The van der Waals surface area contributed by atoms with Gasteiger partial charge in [-0.2, -0.15) is 0 Å². The van der Waals surface area contributed by atoms with Gasteiger partial charge in [0.1, 0.15) is 0 Å². The fourth-order valence-electron chi connectivity index (χ4n) is 0.123. The van der Waals surface area contributed by atoms with Gasteiger partial charge in [-0.3, -0.25) is 4.79 Å². The zero-order chi connectivity index (χ0) is 5.86. The lowest BCUT2D eigenvalue weighted by atomic mass is 10.6. The van der Waals surface area contributed by atoms with Gasteiger partial charge in [-0.15, -0.1) is 12.6 Å². The highest BCUT2D eigenvalue weighted by molar-refractivity contribution is 7.97. The highest BCUT2D eigenvalue weighted by Gasteiger charge is 1.90. The Morgan fingerprint density at radius 1 is 1.86 bits per heavy atom. The largest absolute Gasteiger partial charge is 0.283 e. The molecule has 0 bridgehead atoms. The second-order valence-corrected chi connectivity index (χ2v) is 1.95. The van der Waals surface area contributed by atoms with E-state index in [1.165, 1.54) is 0 Å². The highest BCUT2D eigenvalue weighted by atomic mass is 32.1. The summed E-state index contributed by atoms with van der Waals surface area (Å²) in [7, 11) is 3.02. The summed E-state index contributed by atoms with van der Waals surface area (Å²) in [6.45, 7) is 1.76. The van der Waals surface area contributed by atoms with Gasteiger partial charge in [-0.25, -0.2) is 0 Å². The van der Waals surface area contributed by atoms with Crippen LogP contribution >= 0.6 is 12.6 Å². The van der Waals surface area contributed by atoms with Gasteiger partial charge in [0.05, 0.1) is 10.2 Å². The van der Waals surface area contributed by atoms with Crippen molar-refractivity contribution < 1.29 is 4.79 Å². The maximum Gasteiger partial charge on any atom is 0.207 e. The molecular weight excluding hydrogens is 124 g/mol. The molecule has 1 nitrogen and oxygen atoms in total. The summed E-state index contributed by atoms with van der Waals surface area (Å²) >= 11 is 3.52. The van der Waals surface area contributed by atoms with Gasteiger partial charge in [0.2, 0.25) is 5.12 Å². The van der Waals surface area contributed by atoms with E-state index in [1.807, 2.05) is 0 Å². The van der Waals surface area contributed by atoms with Gasteiger partial charge < -0.3 is 0 Å². The Morgan fingerprint density at radius 3 is 2.29 bits per heavy atom. The third kappa shape index (κ3) is 2.65. The lowest BCUT2D eigenvalue weighted by Gasteiger charge is -1.83. The van der Waals surface area contributed by atoms with Crippen LogP contribution in [-0.2, 0) is 4.79 Å². The van der Waals surface area contributed by atoms with Crippen LogP contribution in [0.5, 0.6) is 0 Å². The summed E-state index contributed by atoms with van der Waals surface area (Å²) in [5, 5.41) is 0.266. The molecule has 37 valence electrons. The Bertz CT molecular complexity index is 108. The van der Waals surface area contributed by atoms with Gasteiger partial charge >= 0.3 is 0 Å². The van der Waals surface area contributed by atoms with E-state index in [2.05, 4.69) is 22.9 Å². The number of thiol groups is 1. The number of rotatable bonds is 1. The normalized spacial score (nSPS) is 11.6. The van der Waals surface area contributed by atoms with E-state index >= 15 is 0 Å². The van der Waals surface area contributed by atoms with E-state index < -0.39 is 0 Å². The molecule has 0 unspecified atom stereocenters. The lowest BCUT2D eigenvalue weighted by molar-refractivity contribution is -0.107. The van der Waals surface area contributed by atoms with Gasteiger partial charge in [0, 0.05) is 0 Å². The molecule has 0 N–H and O–H groups in total. The van der Waals surface area contributed by atoms with Crippen LogP contribution in [0.4, 0.5) is 0 Å². The number of allylic oxidation sites excluding steroid dienone is 1. The first kappa shape index (κ1) is 6.98. The zero-order valence-electron chi connectivity index (χ0n) is 3.93. The first-order valence-corrected chi connectivity index (χ1v) is 2.74. The molecular formula is C4H5OSSi. The van der Waals surface area contributed by atoms with E-state index in [1.54, 1.807) is 13.0 Å². The minimum atomic E-state index is -0.237. The van der Waals surface area contributed by atoms with Crippen LogP contribution in [0.2, 0.25) is 0 Å². The molecule has 3 radical (unpaired) electrons. The van der Waals surface area contributed by atoms with E-state index in [9.17, 15) is 4.79 Å². The van der Waals surface area contributed by atoms with Crippen LogP contribution in [0.25, 0.3) is 0 Å². The van der Waals surface area contributed by atoms with Gasteiger partial charge in [0.25, 0.3) is 0 Å². The van der Waals surface area contributed by atoms with E-state index in [0.29, 0.717) is 5.20 Å². The molecule has 0 atom stereocenters. The molecule has 0 aromatic heterocycles. The third-order valence-electron chi connectivity index (χ3n) is 0.519. The van der Waals surface area contributed by atoms with Crippen molar-refractivity contribution in [3.63, 3.8) is 0 Å². The summed E-state index contributed by atoms with van der Waals surface area (Å²) in [6.07, 6.45) is 1.65. The Labute approximate surface area is 51.6 Å². The van der Waals surface area contributed by atoms with Gasteiger partial charge in [0.15, 0.2) is 0 Å². The predicted octanol–water partition coefficient (Wildman–Crippen LogP) is 0.515. The zero-order valence-corrected chi connectivity index (χ0v) is 5.83. The quantitative estimate of drug-likeness (QED) is 0.310. The van der Waals surface area contributed by atoms with Crippen LogP contribution in [0.15, 0.2) is 11.3 Å². The van der Waals surface area contributed by atoms with Crippen molar-refractivity contribution in [2.45, 2.75) is 6.92 Å². The number of carbonyl (C=O) groups excluding carboxylic acids is 1. The van der Waals surface area contributed by atoms with Crippen LogP contribution in [0.3, 0.4) is 0 Å². The number of hydrogen-bond acceptors (Lipinski definition) is 1. The van der Waals surface area contributed by atoms with Crippen molar-refractivity contribution in [3.05, 3.63) is 11.3 Å². The average Bonchev–Trinajstić information content (AvgIpc) is 1.65. The average molecular weight is 129 g/mol. The van der Waals surface area contributed by atoms with E-state index in [4.69, 9.17) is 0 Å². The maximum absolute atomic E-state index is 10.1. The SMILES string of the molecule is CC=C([Si])C(=O)S. The maximum atomic E-state index is 10.1. The Balaban J connectivity index is 3.82. The Kier molecular flexibility index (Phi) is 3.03. The fourth-order valence-corrected chi connectivity index (χ4v) is 0.253. The third-order valence-corrected chi connectivity index (χ3v) is 1.49. The van der Waals surface area contributed by atoms with Crippen molar-refractivity contribution in [2.75, 3.05) is 0 Å². The van der Waals surface area contributed by atoms with Crippen molar-refractivity contribution in [1.29, 1.82) is 0 Å². The minimum absolute atomic E-state index is 0.237. The molecule has 3 heteroatoms. The first-order chi connectivity index (χ1) is 3.18.